The normalized spacial score (nSPS) is 10.6. The van der Waals surface area contributed by atoms with E-state index in [1.807, 2.05) is 56.3 Å². The Morgan fingerprint density at radius 3 is 1.96 bits per heavy atom. The number of hydrogen-bond donors (Lipinski definition) is 2. The zero-order valence-corrected chi connectivity index (χ0v) is 16.2. The van der Waals surface area contributed by atoms with E-state index in [9.17, 15) is 4.79 Å². The molecule has 0 aliphatic carbocycles. The highest BCUT2D eigenvalue weighted by molar-refractivity contribution is 8.00. The molecule has 6 heteroatoms. The molecule has 0 fully saturated rings. The third kappa shape index (κ3) is 5.56. The van der Waals surface area contributed by atoms with Crippen LogP contribution in [0.5, 0.6) is 0 Å². The van der Waals surface area contributed by atoms with Gasteiger partial charge in [-0.1, -0.05) is 60.7 Å². The van der Waals surface area contributed by atoms with Crippen LogP contribution in [0.15, 0.2) is 66.7 Å². The van der Waals surface area contributed by atoms with Crippen molar-refractivity contribution in [3.63, 3.8) is 0 Å². The first kappa shape index (κ1) is 18.9. The average molecular weight is 379 g/mol. The lowest BCUT2D eigenvalue weighted by Crippen LogP contribution is -2.32. The van der Waals surface area contributed by atoms with Crippen LogP contribution in [-0.4, -0.2) is 21.6 Å². The van der Waals surface area contributed by atoms with Crippen molar-refractivity contribution in [2.24, 2.45) is 0 Å². The number of carbonyl (C=O) groups is 1. The summed E-state index contributed by atoms with van der Waals surface area (Å²) in [5.41, 5.74) is 9.52. The molecule has 0 saturated heterocycles. The van der Waals surface area contributed by atoms with Crippen LogP contribution in [-0.2, 0) is 4.79 Å². The van der Waals surface area contributed by atoms with E-state index in [1.54, 1.807) is 11.8 Å². The number of aromatic nitrogens is 2. The number of aryl methyl sites for hydroxylation is 2. The fourth-order valence-electron chi connectivity index (χ4n) is 2.74. The summed E-state index contributed by atoms with van der Waals surface area (Å²) < 4.78 is 0. The van der Waals surface area contributed by atoms with Gasteiger partial charge in [0.15, 0.2) is 0 Å². The highest BCUT2D eigenvalue weighted by atomic mass is 32.2. The highest BCUT2D eigenvalue weighted by Crippen LogP contribution is 2.35. The average Bonchev–Trinajstić information content (AvgIpc) is 2.67. The lowest BCUT2D eigenvalue weighted by molar-refractivity contribution is -0.118. The van der Waals surface area contributed by atoms with Gasteiger partial charge in [-0.05, 0) is 31.0 Å². The maximum Gasteiger partial charge on any atom is 0.248 e. The van der Waals surface area contributed by atoms with E-state index in [1.165, 1.54) is 11.1 Å². The predicted octanol–water partition coefficient (Wildman–Crippen LogP) is 4.06. The van der Waals surface area contributed by atoms with Gasteiger partial charge in [0.05, 0.1) is 11.0 Å². The zero-order valence-electron chi connectivity index (χ0n) is 15.3. The molecule has 3 rings (SSSR count). The van der Waals surface area contributed by atoms with Crippen LogP contribution >= 0.6 is 11.8 Å². The van der Waals surface area contributed by atoms with Gasteiger partial charge in [-0.25, -0.2) is 9.97 Å². The minimum Gasteiger partial charge on any atom is -0.272 e. The molecular formula is C21H22N4OS. The van der Waals surface area contributed by atoms with Crippen molar-refractivity contribution in [3.05, 3.63) is 89.2 Å². The molecule has 2 N–H and O–H groups in total. The Balaban J connectivity index is 1.62. The van der Waals surface area contributed by atoms with E-state index in [4.69, 9.17) is 0 Å². The Morgan fingerprint density at radius 2 is 1.44 bits per heavy atom. The standard InChI is InChI=1S/C21H22N4OS/c1-15-13-16(2)23-21(22-15)25-24-19(26)14-27-20(17-9-5-3-6-10-17)18-11-7-4-8-12-18/h3-13,20H,14H2,1-2H3,(H,24,26)(H,22,23,25). The smallest absolute Gasteiger partial charge is 0.248 e. The molecule has 2 aromatic carbocycles. The zero-order chi connectivity index (χ0) is 19.1. The maximum absolute atomic E-state index is 12.3. The maximum atomic E-state index is 12.3. The molecule has 0 radical (unpaired) electrons. The Kier molecular flexibility index (Phi) is 6.44. The van der Waals surface area contributed by atoms with Gasteiger partial charge in [-0.3, -0.25) is 15.6 Å². The van der Waals surface area contributed by atoms with Crippen molar-refractivity contribution in [2.75, 3.05) is 11.2 Å². The van der Waals surface area contributed by atoms with Gasteiger partial charge in [-0.2, -0.15) is 0 Å². The van der Waals surface area contributed by atoms with Gasteiger partial charge in [-0.15, -0.1) is 11.8 Å². The number of thioether (sulfide) groups is 1. The van der Waals surface area contributed by atoms with Gasteiger partial charge in [0, 0.05) is 11.4 Å². The highest BCUT2D eigenvalue weighted by Gasteiger charge is 2.16. The van der Waals surface area contributed by atoms with E-state index >= 15 is 0 Å². The fraction of sp³-hybridized carbons (Fsp3) is 0.190. The molecule has 1 aromatic heterocycles. The lowest BCUT2D eigenvalue weighted by atomic mass is 10.0. The lowest BCUT2D eigenvalue weighted by Gasteiger charge is -2.17. The van der Waals surface area contributed by atoms with Gasteiger partial charge < -0.3 is 0 Å². The Labute approximate surface area is 163 Å². The summed E-state index contributed by atoms with van der Waals surface area (Å²) in [6.07, 6.45) is 0. The molecule has 0 unspecified atom stereocenters. The molecule has 0 spiro atoms. The first-order chi connectivity index (χ1) is 13.1. The summed E-state index contributed by atoms with van der Waals surface area (Å²) >= 11 is 1.58. The number of nitrogens with zero attached hydrogens (tertiary/aromatic N) is 2. The van der Waals surface area contributed by atoms with Crippen LogP contribution < -0.4 is 10.9 Å². The summed E-state index contributed by atoms with van der Waals surface area (Å²) in [5.74, 6) is 0.583. The third-order valence-electron chi connectivity index (χ3n) is 3.88. The SMILES string of the molecule is Cc1cc(C)nc(NNC(=O)CSC(c2ccccc2)c2ccccc2)n1. The summed E-state index contributed by atoms with van der Waals surface area (Å²) in [6, 6.07) is 22.3. The van der Waals surface area contributed by atoms with Crippen LogP contribution in [0.2, 0.25) is 0 Å². The molecule has 3 aromatic rings. The second kappa shape index (κ2) is 9.19. The Hall–Kier alpha value is -2.86. The van der Waals surface area contributed by atoms with E-state index < -0.39 is 0 Å². The van der Waals surface area contributed by atoms with Crippen LogP contribution in [0.4, 0.5) is 5.95 Å². The number of hydrazine groups is 1. The molecule has 138 valence electrons. The van der Waals surface area contributed by atoms with Gasteiger partial charge in [0.25, 0.3) is 0 Å². The molecule has 27 heavy (non-hydrogen) atoms. The molecule has 1 amide bonds. The van der Waals surface area contributed by atoms with Crippen molar-refractivity contribution in [3.8, 4) is 0 Å². The molecule has 0 bridgehead atoms. The summed E-state index contributed by atoms with van der Waals surface area (Å²) in [5, 5.41) is 0.0932. The second-order valence-corrected chi connectivity index (χ2v) is 7.25. The number of anilines is 1. The van der Waals surface area contributed by atoms with Crippen LogP contribution in [0, 0.1) is 13.8 Å². The number of amides is 1. The number of hydrogen-bond acceptors (Lipinski definition) is 5. The fourth-order valence-corrected chi connectivity index (χ4v) is 3.83. The summed E-state index contributed by atoms with van der Waals surface area (Å²) in [7, 11) is 0. The largest absolute Gasteiger partial charge is 0.272 e. The van der Waals surface area contributed by atoms with E-state index in [0.29, 0.717) is 11.7 Å². The first-order valence-corrected chi connectivity index (χ1v) is 9.75. The third-order valence-corrected chi connectivity index (χ3v) is 5.19. The number of nitrogens with one attached hydrogen (secondary N) is 2. The molecular weight excluding hydrogens is 356 g/mol. The number of carbonyl (C=O) groups excluding carboxylic acids is 1. The number of benzene rings is 2. The van der Waals surface area contributed by atoms with Crippen LogP contribution in [0.3, 0.4) is 0 Å². The minimum atomic E-state index is -0.125. The van der Waals surface area contributed by atoms with Crippen molar-refractivity contribution < 1.29 is 4.79 Å². The van der Waals surface area contributed by atoms with Crippen LogP contribution in [0.1, 0.15) is 27.8 Å². The molecule has 5 nitrogen and oxygen atoms in total. The minimum absolute atomic E-state index is 0.0932. The van der Waals surface area contributed by atoms with Gasteiger partial charge >= 0.3 is 0 Å². The topological polar surface area (TPSA) is 66.9 Å². The van der Waals surface area contributed by atoms with Crippen molar-refractivity contribution >= 4 is 23.6 Å². The van der Waals surface area contributed by atoms with Crippen molar-refractivity contribution in [1.82, 2.24) is 15.4 Å². The van der Waals surface area contributed by atoms with Gasteiger partial charge in [0.2, 0.25) is 11.9 Å². The summed E-state index contributed by atoms with van der Waals surface area (Å²) in [4.78, 5) is 20.8. The van der Waals surface area contributed by atoms with Crippen molar-refractivity contribution in [1.29, 1.82) is 0 Å². The number of rotatable bonds is 7. The predicted molar refractivity (Wildman–Crippen MR) is 110 cm³/mol. The Morgan fingerprint density at radius 1 is 0.926 bits per heavy atom. The van der Waals surface area contributed by atoms with E-state index in [0.717, 1.165) is 11.4 Å². The molecule has 0 aliphatic rings. The molecule has 0 aliphatic heterocycles. The first-order valence-electron chi connectivity index (χ1n) is 8.70. The van der Waals surface area contributed by atoms with Gasteiger partial charge in [0.1, 0.15) is 0 Å². The van der Waals surface area contributed by atoms with E-state index in [2.05, 4.69) is 45.1 Å². The van der Waals surface area contributed by atoms with Crippen molar-refractivity contribution in [2.45, 2.75) is 19.1 Å². The molecule has 0 atom stereocenters. The van der Waals surface area contributed by atoms with Crippen LogP contribution in [0.25, 0.3) is 0 Å². The quantitative estimate of drug-likeness (QED) is 0.607. The van der Waals surface area contributed by atoms with E-state index in [-0.39, 0.29) is 11.2 Å². The summed E-state index contributed by atoms with van der Waals surface area (Å²) in [6.45, 7) is 3.78. The molecule has 1 heterocycles. The molecule has 0 saturated carbocycles. The Bertz CT molecular complexity index is 827. The monoisotopic (exact) mass is 378 g/mol. The second-order valence-electron chi connectivity index (χ2n) is 6.16.